The van der Waals surface area contributed by atoms with Crippen LogP contribution >= 0.6 is 12.2 Å². The Kier molecular flexibility index (Phi) is 6.77. The van der Waals surface area contributed by atoms with Crippen LogP contribution < -0.4 is 20.3 Å². The highest BCUT2D eigenvalue weighted by molar-refractivity contribution is 7.80. The van der Waals surface area contributed by atoms with Gasteiger partial charge < -0.3 is 20.3 Å². The first-order valence-electron chi connectivity index (χ1n) is 10.6. The van der Waals surface area contributed by atoms with Crippen LogP contribution in [0, 0.1) is 0 Å². The average Bonchev–Trinajstić information content (AvgIpc) is 2.76. The predicted octanol–water partition coefficient (Wildman–Crippen LogP) is 4.14. The van der Waals surface area contributed by atoms with Gasteiger partial charge in [-0.2, -0.15) is 0 Å². The highest BCUT2D eigenvalue weighted by Crippen LogP contribution is 2.26. The van der Waals surface area contributed by atoms with Gasteiger partial charge in [-0.25, -0.2) is 4.98 Å². The molecule has 2 aromatic rings. The number of rotatable bonds is 5. The van der Waals surface area contributed by atoms with Crippen LogP contribution in [-0.2, 0) is 0 Å². The molecule has 2 aromatic heterocycles. The van der Waals surface area contributed by atoms with Gasteiger partial charge in [0.15, 0.2) is 5.11 Å². The summed E-state index contributed by atoms with van der Waals surface area (Å²) in [6, 6.07) is 8.29. The van der Waals surface area contributed by atoms with E-state index in [0.29, 0.717) is 17.3 Å². The molecule has 0 unspecified atom stereocenters. The predicted molar refractivity (Wildman–Crippen MR) is 121 cm³/mol. The van der Waals surface area contributed by atoms with Gasteiger partial charge in [-0.15, -0.1) is 0 Å². The number of ether oxygens (including phenoxy) is 1. The second kappa shape index (κ2) is 9.87. The Morgan fingerprint density at radius 2 is 1.90 bits per heavy atom. The number of thiocarbonyl (C=S) groups is 1. The van der Waals surface area contributed by atoms with Crippen molar-refractivity contribution in [3.63, 3.8) is 0 Å². The Bertz CT molecular complexity index is 789. The van der Waals surface area contributed by atoms with Crippen molar-refractivity contribution in [1.82, 2.24) is 15.3 Å². The minimum absolute atomic E-state index is 0.363. The number of nitrogens with one attached hydrogen (secondary N) is 2. The maximum absolute atomic E-state index is 6.21. The average molecular weight is 412 g/mol. The van der Waals surface area contributed by atoms with Gasteiger partial charge in [0.1, 0.15) is 11.6 Å². The number of nitrogens with zero attached hydrogens (tertiary/aromatic N) is 3. The molecule has 0 aromatic carbocycles. The van der Waals surface area contributed by atoms with E-state index in [0.717, 1.165) is 43.2 Å². The minimum atomic E-state index is 0.363. The Morgan fingerprint density at radius 3 is 2.66 bits per heavy atom. The molecule has 1 aliphatic heterocycles. The van der Waals surface area contributed by atoms with E-state index in [2.05, 4.69) is 31.6 Å². The summed E-state index contributed by atoms with van der Waals surface area (Å²) in [7, 11) is 0. The van der Waals surface area contributed by atoms with Crippen molar-refractivity contribution in [3.05, 3.63) is 42.9 Å². The minimum Gasteiger partial charge on any atom is -0.490 e. The number of pyridine rings is 2. The maximum atomic E-state index is 6.21. The van der Waals surface area contributed by atoms with Gasteiger partial charge in [-0.3, -0.25) is 4.98 Å². The molecule has 0 spiro atoms. The van der Waals surface area contributed by atoms with E-state index in [9.17, 15) is 0 Å². The van der Waals surface area contributed by atoms with Crippen LogP contribution in [-0.4, -0.2) is 40.3 Å². The molecule has 29 heavy (non-hydrogen) atoms. The zero-order chi connectivity index (χ0) is 19.9. The summed E-state index contributed by atoms with van der Waals surface area (Å²) in [5.41, 5.74) is 0.904. The zero-order valence-electron chi connectivity index (χ0n) is 16.7. The Morgan fingerprint density at radius 1 is 1.07 bits per heavy atom. The van der Waals surface area contributed by atoms with Crippen molar-refractivity contribution < 1.29 is 4.74 Å². The summed E-state index contributed by atoms with van der Waals surface area (Å²) >= 11 is 5.44. The van der Waals surface area contributed by atoms with Crippen LogP contribution in [0.15, 0.2) is 42.9 Å². The highest BCUT2D eigenvalue weighted by Gasteiger charge is 2.21. The lowest BCUT2D eigenvalue weighted by molar-refractivity contribution is 0.155. The molecule has 0 amide bonds. The fraction of sp³-hybridized carbons (Fsp3) is 0.500. The number of hydrogen-bond acceptors (Lipinski definition) is 5. The smallest absolute Gasteiger partial charge is 0.171 e. The van der Waals surface area contributed by atoms with Gasteiger partial charge in [0, 0.05) is 37.6 Å². The molecule has 6 nitrogen and oxygen atoms in total. The molecule has 4 rings (SSSR count). The van der Waals surface area contributed by atoms with E-state index in [4.69, 9.17) is 17.0 Å². The van der Waals surface area contributed by atoms with Crippen molar-refractivity contribution in [2.75, 3.05) is 23.3 Å². The molecule has 0 atom stereocenters. The standard InChI is InChI=1S/C22H29N5OS/c29-22(26-18-5-4-11-23-16-18)25-17-9-13-27(14-10-17)21-15-20(8-12-24-21)28-19-6-2-1-3-7-19/h4-5,8,11-12,15-17,19H,1-3,6-7,9-10,13-14H2,(H2,25,26,29). The van der Waals surface area contributed by atoms with Crippen molar-refractivity contribution in [1.29, 1.82) is 0 Å². The molecule has 3 heterocycles. The van der Waals surface area contributed by atoms with E-state index in [1.807, 2.05) is 24.4 Å². The molecule has 0 radical (unpaired) electrons. The third-order valence-electron chi connectivity index (χ3n) is 5.65. The van der Waals surface area contributed by atoms with Crippen LogP contribution in [0.1, 0.15) is 44.9 Å². The fourth-order valence-corrected chi connectivity index (χ4v) is 4.35. The molecule has 2 N–H and O–H groups in total. The molecule has 2 aliphatic rings. The molecule has 2 fully saturated rings. The number of piperidine rings is 1. The van der Waals surface area contributed by atoms with Crippen LogP contribution in [0.25, 0.3) is 0 Å². The first-order valence-corrected chi connectivity index (χ1v) is 11.0. The quantitative estimate of drug-likeness (QED) is 0.717. The van der Waals surface area contributed by atoms with E-state index in [-0.39, 0.29) is 0 Å². The SMILES string of the molecule is S=C(Nc1cccnc1)NC1CCN(c2cc(OC3CCCCC3)ccn2)CC1. The zero-order valence-corrected chi connectivity index (χ0v) is 17.5. The van der Waals surface area contributed by atoms with Gasteiger partial charge in [0.25, 0.3) is 0 Å². The molecule has 154 valence electrons. The summed E-state index contributed by atoms with van der Waals surface area (Å²) in [6.07, 6.45) is 14.0. The van der Waals surface area contributed by atoms with Crippen LogP contribution in [0.3, 0.4) is 0 Å². The van der Waals surface area contributed by atoms with Gasteiger partial charge >= 0.3 is 0 Å². The van der Waals surface area contributed by atoms with Crippen molar-refractivity contribution >= 4 is 28.8 Å². The second-order valence-electron chi connectivity index (χ2n) is 7.83. The summed E-state index contributed by atoms with van der Waals surface area (Å²) < 4.78 is 6.21. The summed E-state index contributed by atoms with van der Waals surface area (Å²) in [4.78, 5) is 11.0. The molecule has 7 heteroatoms. The summed E-state index contributed by atoms with van der Waals surface area (Å²) in [6.45, 7) is 1.90. The highest BCUT2D eigenvalue weighted by atomic mass is 32.1. The van der Waals surface area contributed by atoms with Crippen molar-refractivity contribution in [2.45, 2.75) is 57.1 Å². The lowest BCUT2D eigenvalue weighted by Gasteiger charge is -2.34. The lowest BCUT2D eigenvalue weighted by Crippen LogP contribution is -2.46. The van der Waals surface area contributed by atoms with E-state index in [1.165, 1.54) is 32.1 Å². The lowest BCUT2D eigenvalue weighted by atomic mass is 9.98. The Hall–Kier alpha value is -2.41. The van der Waals surface area contributed by atoms with Gasteiger partial charge in [0.2, 0.25) is 0 Å². The van der Waals surface area contributed by atoms with E-state index in [1.54, 1.807) is 12.4 Å². The molecular formula is C22H29N5OS. The first kappa shape index (κ1) is 19.9. The van der Waals surface area contributed by atoms with Crippen molar-refractivity contribution in [3.8, 4) is 5.75 Å². The number of aromatic nitrogens is 2. The van der Waals surface area contributed by atoms with Crippen LogP contribution in [0.5, 0.6) is 5.75 Å². The summed E-state index contributed by atoms with van der Waals surface area (Å²) in [5, 5.41) is 7.27. The second-order valence-corrected chi connectivity index (χ2v) is 8.24. The molecule has 0 bridgehead atoms. The van der Waals surface area contributed by atoms with Gasteiger partial charge in [0.05, 0.1) is 18.0 Å². The molecular weight excluding hydrogens is 382 g/mol. The fourth-order valence-electron chi connectivity index (χ4n) is 4.06. The molecule has 1 aliphatic carbocycles. The largest absolute Gasteiger partial charge is 0.490 e. The topological polar surface area (TPSA) is 62.3 Å². The number of hydrogen-bond donors (Lipinski definition) is 2. The van der Waals surface area contributed by atoms with Crippen LogP contribution in [0.2, 0.25) is 0 Å². The van der Waals surface area contributed by atoms with Crippen LogP contribution in [0.4, 0.5) is 11.5 Å². The Labute approximate surface area is 178 Å². The maximum Gasteiger partial charge on any atom is 0.171 e. The van der Waals surface area contributed by atoms with Gasteiger partial charge in [-0.05, 0) is 68.9 Å². The summed E-state index contributed by atoms with van der Waals surface area (Å²) in [5.74, 6) is 1.96. The third kappa shape index (κ3) is 5.79. The van der Waals surface area contributed by atoms with Crippen molar-refractivity contribution in [2.24, 2.45) is 0 Å². The monoisotopic (exact) mass is 411 g/mol. The third-order valence-corrected chi connectivity index (χ3v) is 5.87. The normalized spacial score (nSPS) is 18.3. The van der Waals surface area contributed by atoms with E-state index >= 15 is 0 Å². The van der Waals surface area contributed by atoms with Gasteiger partial charge in [-0.1, -0.05) is 6.42 Å². The molecule has 1 saturated carbocycles. The Balaban J connectivity index is 1.26. The first-order chi connectivity index (χ1) is 14.3. The molecule has 1 saturated heterocycles. The van der Waals surface area contributed by atoms with E-state index < -0.39 is 0 Å². The number of anilines is 2.